The van der Waals surface area contributed by atoms with Gasteiger partial charge in [-0.1, -0.05) is 6.07 Å². The number of allylic oxidation sites excluding steroid dienone is 3. The number of rotatable bonds is 5. The van der Waals surface area contributed by atoms with Crippen molar-refractivity contribution in [3.05, 3.63) is 77.0 Å². The molecule has 0 unspecified atom stereocenters. The van der Waals surface area contributed by atoms with Crippen LogP contribution >= 0.6 is 0 Å². The maximum Gasteiger partial charge on any atom is 0.604 e. The minimum absolute atomic E-state index is 0.254. The maximum atomic E-state index is 13.9. The molecule has 0 aliphatic carbocycles. The Morgan fingerprint density at radius 2 is 2.15 bits per heavy atom. The minimum atomic E-state index is -0.358. The maximum absolute atomic E-state index is 13.9. The Labute approximate surface area is 159 Å². The van der Waals surface area contributed by atoms with Crippen LogP contribution in [0.15, 0.2) is 60.0 Å². The summed E-state index contributed by atoms with van der Waals surface area (Å²) in [6.07, 6.45) is 9.07. The van der Waals surface area contributed by atoms with E-state index in [4.69, 9.17) is 10.5 Å². The van der Waals surface area contributed by atoms with Gasteiger partial charge in [-0.05, 0) is 62.0 Å². The van der Waals surface area contributed by atoms with Crippen molar-refractivity contribution in [3.8, 4) is 5.75 Å². The minimum Gasteiger partial charge on any atom is -0.494 e. The SMILES string of the molecule is COc1ccc(/C=C/C2=[N+]3Bn4cccc4C(CCN)=C3C(C)=C2)cc1F. The molecule has 3 heterocycles. The average molecular weight is 362 g/mol. The van der Waals surface area contributed by atoms with Crippen molar-refractivity contribution < 1.29 is 13.6 Å². The van der Waals surface area contributed by atoms with Gasteiger partial charge in [0, 0.05) is 29.0 Å². The van der Waals surface area contributed by atoms with Gasteiger partial charge >= 0.3 is 7.55 Å². The second-order valence-corrected chi connectivity index (χ2v) is 6.78. The molecule has 136 valence electrons. The van der Waals surface area contributed by atoms with Crippen LogP contribution in [0.1, 0.15) is 24.6 Å². The van der Waals surface area contributed by atoms with Crippen LogP contribution in [0.2, 0.25) is 0 Å². The highest BCUT2D eigenvalue weighted by atomic mass is 19.1. The predicted molar refractivity (Wildman–Crippen MR) is 109 cm³/mol. The third kappa shape index (κ3) is 3.06. The van der Waals surface area contributed by atoms with Gasteiger partial charge in [-0.3, -0.25) is 4.49 Å². The third-order valence-corrected chi connectivity index (χ3v) is 5.05. The van der Waals surface area contributed by atoms with Gasteiger partial charge in [0.1, 0.15) is 0 Å². The molecule has 0 fully saturated rings. The second kappa shape index (κ2) is 7.04. The molecule has 6 heteroatoms. The Bertz CT molecular complexity index is 1030. The van der Waals surface area contributed by atoms with Crippen LogP contribution in [-0.4, -0.2) is 35.9 Å². The van der Waals surface area contributed by atoms with Gasteiger partial charge in [0.05, 0.1) is 7.11 Å². The van der Waals surface area contributed by atoms with Crippen LogP contribution in [0.3, 0.4) is 0 Å². The summed E-state index contributed by atoms with van der Waals surface area (Å²) in [5.74, 6) is -0.104. The van der Waals surface area contributed by atoms with Gasteiger partial charge in [0.2, 0.25) is 0 Å². The lowest BCUT2D eigenvalue weighted by atomic mass is 9.93. The highest BCUT2D eigenvalue weighted by Gasteiger charge is 2.36. The normalized spacial score (nSPS) is 15.8. The third-order valence-electron chi connectivity index (χ3n) is 5.05. The summed E-state index contributed by atoms with van der Waals surface area (Å²) < 4.78 is 23.5. The molecule has 0 radical (unpaired) electrons. The summed E-state index contributed by atoms with van der Waals surface area (Å²) >= 11 is 0. The average Bonchev–Trinajstić information content (AvgIpc) is 3.25. The van der Waals surface area contributed by atoms with E-state index in [0.29, 0.717) is 6.54 Å². The first kappa shape index (κ1) is 17.6. The number of halogens is 1. The van der Waals surface area contributed by atoms with Crippen molar-refractivity contribution in [3.63, 3.8) is 0 Å². The number of hydrogen-bond acceptors (Lipinski definition) is 2. The van der Waals surface area contributed by atoms with Gasteiger partial charge in [0.25, 0.3) is 0 Å². The quantitative estimate of drug-likeness (QED) is 0.832. The van der Waals surface area contributed by atoms with E-state index in [0.717, 1.165) is 25.2 Å². The summed E-state index contributed by atoms with van der Waals surface area (Å²) in [6.45, 7) is 2.74. The van der Waals surface area contributed by atoms with E-state index >= 15 is 0 Å². The molecular formula is C21H22BFN3O+. The summed E-state index contributed by atoms with van der Waals surface area (Å²) in [6, 6.07) is 9.20. The Kier molecular flexibility index (Phi) is 4.58. The fraction of sp³-hybridized carbons (Fsp3) is 0.190. The lowest BCUT2D eigenvalue weighted by molar-refractivity contribution is -0.314. The molecule has 0 atom stereocenters. The number of aromatic nitrogens is 1. The molecule has 4 nitrogen and oxygen atoms in total. The fourth-order valence-electron chi connectivity index (χ4n) is 3.85. The molecular weight excluding hydrogens is 340 g/mol. The summed E-state index contributed by atoms with van der Waals surface area (Å²) in [5, 5.41) is 0. The summed E-state index contributed by atoms with van der Waals surface area (Å²) in [5.41, 5.74) is 12.7. The number of fused-ring (bicyclic) bond motifs is 2. The van der Waals surface area contributed by atoms with Gasteiger partial charge < -0.3 is 14.9 Å². The van der Waals surface area contributed by atoms with Crippen LogP contribution in [0, 0.1) is 5.82 Å². The first-order valence-corrected chi connectivity index (χ1v) is 9.06. The van der Waals surface area contributed by atoms with Crippen molar-refractivity contribution in [2.75, 3.05) is 13.7 Å². The molecule has 27 heavy (non-hydrogen) atoms. The molecule has 2 aliphatic heterocycles. The molecule has 1 aromatic carbocycles. The molecule has 2 aromatic rings. The monoisotopic (exact) mass is 362 g/mol. The van der Waals surface area contributed by atoms with Crippen molar-refractivity contribution in [2.45, 2.75) is 13.3 Å². The zero-order chi connectivity index (χ0) is 19.0. The van der Waals surface area contributed by atoms with Gasteiger partial charge in [-0.25, -0.2) is 4.39 Å². The van der Waals surface area contributed by atoms with Gasteiger partial charge in [-0.15, -0.1) is 0 Å². The zero-order valence-electron chi connectivity index (χ0n) is 15.6. The van der Waals surface area contributed by atoms with Crippen molar-refractivity contribution in [2.24, 2.45) is 5.73 Å². The largest absolute Gasteiger partial charge is 0.604 e. The van der Waals surface area contributed by atoms with E-state index < -0.39 is 0 Å². The predicted octanol–water partition coefficient (Wildman–Crippen LogP) is 2.95. The molecule has 0 amide bonds. The smallest absolute Gasteiger partial charge is 0.494 e. The topological polar surface area (TPSA) is 43.2 Å². The zero-order valence-corrected chi connectivity index (χ0v) is 15.6. The first-order valence-electron chi connectivity index (χ1n) is 9.06. The van der Waals surface area contributed by atoms with Crippen molar-refractivity contribution in [1.82, 2.24) is 4.48 Å². The van der Waals surface area contributed by atoms with Crippen LogP contribution in [0.4, 0.5) is 4.39 Å². The van der Waals surface area contributed by atoms with Gasteiger partial charge in [0.15, 0.2) is 23.0 Å². The summed E-state index contributed by atoms with van der Waals surface area (Å²) in [7, 11) is 2.23. The number of benzene rings is 1. The number of hydrogen-bond donors (Lipinski definition) is 1. The van der Waals surface area contributed by atoms with E-state index in [2.05, 4.69) is 40.3 Å². The molecule has 2 aliphatic rings. The fourth-order valence-corrected chi connectivity index (χ4v) is 3.85. The lowest BCUT2D eigenvalue weighted by Gasteiger charge is -2.18. The molecule has 4 rings (SSSR count). The van der Waals surface area contributed by atoms with E-state index in [9.17, 15) is 4.39 Å². The molecule has 2 N–H and O–H groups in total. The number of nitrogens with zero attached hydrogens (tertiary/aromatic N) is 2. The molecule has 0 spiro atoms. The molecule has 0 saturated heterocycles. The lowest BCUT2D eigenvalue weighted by Crippen LogP contribution is -2.31. The first-order chi connectivity index (χ1) is 13.1. The summed E-state index contributed by atoms with van der Waals surface area (Å²) in [4.78, 5) is 0. The second-order valence-electron chi connectivity index (χ2n) is 6.78. The van der Waals surface area contributed by atoms with Crippen LogP contribution in [-0.2, 0) is 0 Å². The van der Waals surface area contributed by atoms with Crippen LogP contribution in [0.5, 0.6) is 5.75 Å². The number of methoxy groups -OCH3 is 1. The Hall–Kier alpha value is -2.86. The van der Waals surface area contributed by atoms with E-state index in [-0.39, 0.29) is 11.6 Å². The Morgan fingerprint density at radius 1 is 1.30 bits per heavy atom. The van der Waals surface area contributed by atoms with Crippen molar-refractivity contribution >= 4 is 24.9 Å². The molecule has 1 aromatic heterocycles. The van der Waals surface area contributed by atoms with Crippen LogP contribution in [0.25, 0.3) is 11.6 Å². The molecule has 0 bridgehead atoms. The van der Waals surface area contributed by atoms with E-state index in [1.807, 2.05) is 18.2 Å². The Balaban J connectivity index is 1.74. The van der Waals surface area contributed by atoms with Crippen molar-refractivity contribution in [1.29, 1.82) is 0 Å². The number of ether oxygens (including phenoxy) is 1. The highest BCUT2D eigenvalue weighted by Crippen LogP contribution is 2.33. The van der Waals surface area contributed by atoms with Gasteiger partial charge in [-0.2, -0.15) is 0 Å². The Morgan fingerprint density at radius 3 is 2.89 bits per heavy atom. The standard InChI is InChI=1S/C21H22BFN3O/c1-14-12-16(7-5-15-6-8-20(27-2)18(23)13-15)26-21(14)17(9-10-24)19-4-3-11-25(19)22-26/h3-8,11-13,22H,9-10,24H2,1-2H3/q+1/b7-5+. The van der Waals surface area contributed by atoms with E-state index in [1.54, 1.807) is 6.07 Å². The van der Waals surface area contributed by atoms with E-state index in [1.165, 1.54) is 35.7 Å². The highest BCUT2D eigenvalue weighted by molar-refractivity contribution is 6.29. The number of nitrogens with two attached hydrogens (primary N) is 1. The van der Waals surface area contributed by atoms with Crippen LogP contribution < -0.4 is 10.5 Å². The molecule has 0 saturated carbocycles.